The van der Waals surface area contributed by atoms with Crippen LogP contribution in [0, 0.1) is 5.82 Å². The molecule has 0 bridgehead atoms. The average Bonchev–Trinajstić information content (AvgIpc) is 3.64. The van der Waals surface area contributed by atoms with Gasteiger partial charge in [-0.3, -0.25) is 19.4 Å². The van der Waals surface area contributed by atoms with Gasteiger partial charge in [-0.1, -0.05) is 47.2 Å². The maximum atomic E-state index is 13.8. The fourth-order valence-corrected chi connectivity index (χ4v) is 5.20. The largest absolute Gasteiger partial charge is 0.497 e. The number of nitrogens with zero attached hydrogens (tertiary/aromatic N) is 6. The predicted molar refractivity (Wildman–Crippen MR) is 143 cm³/mol. The summed E-state index contributed by atoms with van der Waals surface area (Å²) in [4.78, 5) is 40.8. The molecule has 3 heterocycles. The van der Waals surface area contributed by atoms with Crippen LogP contribution in [0.3, 0.4) is 0 Å². The molecule has 0 aliphatic carbocycles. The zero-order valence-electron chi connectivity index (χ0n) is 21.1. The normalized spacial score (nSPS) is 21.7. The number of imide groups is 1. The molecule has 0 aromatic heterocycles. The molecule has 3 aliphatic heterocycles. The molecule has 1 saturated heterocycles. The number of rotatable bonds is 6. The number of benzene rings is 3. The number of carbonyl (C=O) groups excluding carboxylic acids is 3. The van der Waals surface area contributed by atoms with Gasteiger partial charge >= 0.3 is 0 Å². The van der Waals surface area contributed by atoms with E-state index in [2.05, 4.69) is 15.4 Å². The standard InChI is InChI=1S/C28H22ClFN6O4/c1-40-21-11-7-17(8-12-21)23-14-22(16-5-9-18(29)10-6-16)32-36(23)24(37)15-34-26-25(31-33-34)27(38)35(28(26)39)20-4-2-3-19(30)13-20/h2-13,23,25-26H,14-15H2,1H3/t23-,25-,26-/m0/s1. The van der Waals surface area contributed by atoms with Crippen molar-refractivity contribution in [2.45, 2.75) is 24.5 Å². The highest BCUT2D eigenvalue weighted by Crippen LogP contribution is 2.36. The second-order valence-electron chi connectivity index (χ2n) is 9.47. The van der Waals surface area contributed by atoms with Crippen LogP contribution in [0.4, 0.5) is 10.1 Å². The first kappa shape index (κ1) is 25.6. The monoisotopic (exact) mass is 560 g/mol. The Hall–Kier alpha value is -4.64. The molecule has 202 valence electrons. The summed E-state index contributed by atoms with van der Waals surface area (Å²) in [5.41, 5.74) is 2.45. The Labute approximate surface area is 233 Å². The van der Waals surface area contributed by atoms with Crippen molar-refractivity contribution in [3.8, 4) is 5.75 Å². The zero-order valence-corrected chi connectivity index (χ0v) is 21.9. The first-order valence-electron chi connectivity index (χ1n) is 12.4. The fraction of sp³-hybridized carbons (Fsp3) is 0.214. The van der Waals surface area contributed by atoms with Crippen LogP contribution in [0.1, 0.15) is 23.6 Å². The lowest BCUT2D eigenvalue weighted by Crippen LogP contribution is -2.44. The number of hydrogen-bond donors (Lipinski definition) is 0. The van der Waals surface area contributed by atoms with E-state index in [4.69, 9.17) is 16.3 Å². The molecule has 3 aromatic rings. The van der Waals surface area contributed by atoms with E-state index in [1.165, 1.54) is 28.2 Å². The van der Waals surface area contributed by atoms with Crippen molar-refractivity contribution in [1.82, 2.24) is 10.0 Å². The van der Waals surface area contributed by atoms with Crippen LogP contribution in [0.5, 0.6) is 5.75 Å². The molecule has 40 heavy (non-hydrogen) atoms. The Morgan fingerprint density at radius 3 is 2.50 bits per heavy atom. The van der Waals surface area contributed by atoms with Crippen LogP contribution in [0.15, 0.2) is 88.2 Å². The van der Waals surface area contributed by atoms with E-state index >= 15 is 0 Å². The lowest BCUT2D eigenvalue weighted by Gasteiger charge is -2.25. The number of anilines is 1. The van der Waals surface area contributed by atoms with Crippen molar-refractivity contribution in [2.24, 2.45) is 15.4 Å². The van der Waals surface area contributed by atoms with Gasteiger partial charge in [-0.05, 0) is 53.6 Å². The van der Waals surface area contributed by atoms with Gasteiger partial charge in [0.05, 0.1) is 24.6 Å². The van der Waals surface area contributed by atoms with E-state index in [1.807, 2.05) is 24.3 Å². The highest BCUT2D eigenvalue weighted by atomic mass is 35.5. The Balaban J connectivity index is 1.26. The topological polar surface area (TPSA) is 107 Å². The smallest absolute Gasteiger partial charge is 0.264 e. The van der Waals surface area contributed by atoms with Crippen LogP contribution < -0.4 is 9.64 Å². The van der Waals surface area contributed by atoms with E-state index < -0.39 is 41.7 Å². The number of halogens is 2. The summed E-state index contributed by atoms with van der Waals surface area (Å²) in [7, 11) is 1.57. The highest BCUT2D eigenvalue weighted by Gasteiger charge is 2.55. The summed E-state index contributed by atoms with van der Waals surface area (Å²) in [6.45, 7) is -0.343. The lowest BCUT2D eigenvalue weighted by atomic mass is 9.98. The van der Waals surface area contributed by atoms with Crippen molar-refractivity contribution in [2.75, 3.05) is 18.6 Å². The Bertz CT molecular complexity index is 1560. The Morgan fingerprint density at radius 2 is 1.80 bits per heavy atom. The third-order valence-corrected chi connectivity index (χ3v) is 7.32. The van der Waals surface area contributed by atoms with Crippen LogP contribution in [0.2, 0.25) is 5.02 Å². The number of hydrazone groups is 1. The number of carbonyl (C=O) groups is 3. The highest BCUT2D eigenvalue weighted by molar-refractivity contribution is 6.30. The summed E-state index contributed by atoms with van der Waals surface area (Å²) in [6, 6.07) is 17.1. The van der Waals surface area contributed by atoms with Crippen LogP contribution in [0.25, 0.3) is 0 Å². The molecule has 3 amide bonds. The molecule has 3 atom stereocenters. The van der Waals surface area contributed by atoms with Crippen molar-refractivity contribution in [1.29, 1.82) is 0 Å². The van der Waals surface area contributed by atoms with Gasteiger partial charge in [-0.2, -0.15) is 10.2 Å². The number of ether oxygens (including phenoxy) is 1. The quantitative estimate of drug-likeness (QED) is 0.421. The van der Waals surface area contributed by atoms with Gasteiger partial charge < -0.3 is 4.74 Å². The molecular weight excluding hydrogens is 539 g/mol. The van der Waals surface area contributed by atoms with Crippen molar-refractivity contribution in [3.05, 3.63) is 94.8 Å². The Kier molecular flexibility index (Phi) is 6.51. The molecule has 0 spiro atoms. The minimum Gasteiger partial charge on any atom is -0.497 e. The second kappa shape index (κ2) is 10.2. The van der Waals surface area contributed by atoms with Gasteiger partial charge in [-0.25, -0.2) is 14.3 Å². The van der Waals surface area contributed by atoms with Crippen molar-refractivity contribution in [3.63, 3.8) is 0 Å². The average molecular weight is 561 g/mol. The third-order valence-electron chi connectivity index (χ3n) is 7.07. The summed E-state index contributed by atoms with van der Waals surface area (Å²) in [5.74, 6) is -1.60. The van der Waals surface area contributed by atoms with Crippen molar-refractivity contribution >= 4 is 40.7 Å². The molecule has 1 fully saturated rings. The fourth-order valence-electron chi connectivity index (χ4n) is 5.08. The Morgan fingerprint density at radius 1 is 1.05 bits per heavy atom. The summed E-state index contributed by atoms with van der Waals surface area (Å²) in [6.07, 6.45) is 0.442. The van der Waals surface area contributed by atoms with E-state index in [0.29, 0.717) is 22.9 Å². The third kappa shape index (κ3) is 4.47. The van der Waals surface area contributed by atoms with Crippen LogP contribution in [-0.2, 0) is 14.4 Å². The minimum atomic E-state index is -1.12. The lowest BCUT2D eigenvalue weighted by molar-refractivity contribution is -0.135. The van der Waals surface area contributed by atoms with Gasteiger partial charge in [0.1, 0.15) is 18.1 Å². The van der Waals surface area contributed by atoms with Gasteiger partial charge in [0.25, 0.3) is 17.7 Å². The van der Waals surface area contributed by atoms with E-state index in [-0.39, 0.29) is 12.2 Å². The molecule has 0 radical (unpaired) electrons. The molecule has 0 N–H and O–H groups in total. The van der Waals surface area contributed by atoms with E-state index in [9.17, 15) is 18.8 Å². The van der Waals surface area contributed by atoms with Crippen LogP contribution >= 0.6 is 11.6 Å². The van der Waals surface area contributed by atoms with Gasteiger partial charge in [-0.15, -0.1) is 0 Å². The molecule has 3 aromatic carbocycles. The van der Waals surface area contributed by atoms with Gasteiger partial charge in [0.15, 0.2) is 12.1 Å². The second-order valence-corrected chi connectivity index (χ2v) is 9.91. The first-order valence-corrected chi connectivity index (χ1v) is 12.8. The van der Waals surface area contributed by atoms with E-state index in [0.717, 1.165) is 22.1 Å². The predicted octanol–water partition coefficient (Wildman–Crippen LogP) is 4.16. The van der Waals surface area contributed by atoms with Gasteiger partial charge in [0.2, 0.25) is 0 Å². The summed E-state index contributed by atoms with van der Waals surface area (Å²) < 4.78 is 19.1. The molecule has 12 heteroatoms. The molecule has 0 unspecified atom stereocenters. The first-order chi connectivity index (χ1) is 19.3. The SMILES string of the molecule is COc1ccc([C@@H]2CC(c3ccc(Cl)cc3)=NN2C(=O)CN2N=N[C@@H]3C(=O)N(c4cccc(F)c4)C(=O)[C@H]32)cc1. The maximum absolute atomic E-state index is 13.8. The molecule has 10 nitrogen and oxygen atoms in total. The van der Waals surface area contributed by atoms with Gasteiger partial charge in [0, 0.05) is 11.4 Å². The van der Waals surface area contributed by atoms with E-state index in [1.54, 1.807) is 31.4 Å². The maximum Gasteiger partial charge on any atom is 0.264 e. The molecule has 0 saturated carbocycles. The molecule has 3 aliphatic rings. The molecule has 6 rings (SSSR count). The summed E-state index contributed by atoms with van der Waals surface area (Å²) in [5, 5.41) is 15.7. The number of amides is 3. The number of fused-ring (bicyclic) bond motifs is 1. The zero-order chi connectivity index (χ0) is 28.0. The number of methoxy groups -OCH3 is 1. The van der Waals surface area contributed by atoms with Crippen LogP contribution in [-0.4, -0.2) is 59.2 Å². The molecular formula is C28H22ClFN6O4. The summed E-state index contributed by atoms with van der Waals surface area (Å²) >= 11 is 6.05. The minimum absolute atomic E-state index is 0.0993. The number of hydrogen-bond acceptors (Lipinski definition) is 8. The van der Waals surface area contributed by atoms with Crippen molar-refractivity contribution < 1.29 is 23.5 Å².